The molecule has 0 aliphatic rings. The van der Waals surface area contributed by atoms with E-state index in [0.717, 1.165) is 0 Å². The summed E-state index contributed by atoms with van der Waals surface area (Å²) in [5.74, 6) is 0. The molecule has 19 heavy (non-hydrogen) atoms. The monoisotopic (exact) mass is 250 g/mol. The van der Waals surface area contributed by atoms with Crippen LogP contribution in [0.15, 0.2) is 60.7 Å². The zero-order chi connectivity index (χ0) is 13.5. The first-order chi connectivity index (χ1) is 9.31. The molecule has 0 radical (unpaired) electrons. The van der Waals surface area contributed by atoms with Gasteiger partial charge in [0, 0.05) is 6.04 Å². The van der Waals surface area contributed by atoms with Crippen molar-refractivity contribution in [2.45, 2.75) is 25.4 Å². The van der Waals surface area contributed by atoms with Crippen LogP contribution in [0.1, 0.15) is 30.5 Å². The van der Waals surface area contributed by atoms with Gasteiger partial charge in [0.25, 0.3) is 0 Å². The van der Waals surface area contributed by atoms with Crippen LogP contribution in [-0.4, -0.2) is 6.04 Å². The summed E-state index contributed by atoms with van der Waals surface area (Å²) in [5.41, 5.74) is 2.44. The molecule has 96 valence electrons. The topological polar surface area (TPSA) is 35.8 Å². The number of hydrogen-bond donors (Lipinski definition) is 1. The average Bonchev–Trinajstić information content (AvgIpc) is 2.47. The maximum atomic E-state index is 8.80. The lowest BCUT2D eigenvalue weighted by Gasteiger charge is -2.23. The van der Waals surface area contributed by atoms with E-state index >= 15 is 0 Å². The Morgan fingerprint density at radius 1 is 0.947 bits per heavy atom. The Labute approximate surface area is 114 Å². The second-order valence-corrected chi connectivity index (χ2v) is 4.68. The molecule has 0 aliphatic heterocycles. The van der Waals surface area contributed by atoms with Crippen LogP contribution in [0.25, 0.3) is 0 Å². The molecular formula is C17H18N2. The van der Waals surface area contributed by atoms with Gasteiger partial charge in [-0.15, -0.1) is 0 Å². The summed E-state index contributed by atoms with van der Waals surface area (Å²) < 4.78 is 0. The van der Waals surface area contributed by atoms with Crippen molar-refractivity contribution in [2.75, 3.05) is 0 Å². The minimum Gasteiger partial charge on any atom is -0.303 e. The van der Waals surface area contributed by atoms with E-state index in [1.807, 2.05) is 43.3 Å². The number of rotatable bonds is 5. The maximum Gasteiger partial charge on any atom is 0.0638 e. The van der Waals surface area contributed by atoms with Crippen molar-refractivity contribution in [3.63, 3.8) is 0 Å². The first kappa shape index (κ1) is 13.3. The van der Waals surface area contributed by atoms with Crippen molar-refractivity contribution in [1.82, 2.24) is 5.32 Å². The third kappa shape index (κ3) is 3.67. The second kappa shape index (κ2) is 6.72. The lowest BCUT2D eigenvalue weighted by molar-refractivity contribution is 0.505. The molecule has 0 aliphatic carbocycles. The highest BCUT2D eigenvalue weighted by molar-refractivity contribution is 5.31. The predicted octanol–water partition coefficient (Wildman–Crippen LogP) is 3.67. The summed E-state index contributed by atoms with van der Waals surface area (Å²) in [6.07, 6.45) is 0.510. The molecule has 0 amide bonds. The Balaban J connectivity index is 2.27. The molecule has 2 nitrogen and oxygen atoms in total. The number of hydrogen-bond acceptors (Lipinski definition) is 2. The predicted molar refractivity (Wildman–Crippen MR) is 77.6 cm³/mol. The molecule has 2 aromatic carbocycles. The Kier molecular flexibility index (Phi) is 4.72. The van der Waals surface area contributed by atoms with E-state index in [0.29, 0.717) is 6.42 Å². The number of nitrogens with one attached hydrogen (secondary N) is 1. The Bertz CT molecular complexity index is 489. The second-order valence-electron chi connectivity index (χ2n) is 4.68. The summed E-state index contributed by atoms with van der Waals surface area (Å²) >= 11 is 0. The Morgan fingerprint density at radius 3 is 1.84 bits per heavy atom. The minimum absolute atomic E-state index is 0.130. The Hall–Kier alpha value is -2.11. The quantitative estimate of drug-likeness (QED) is 0.879. The van der Waals surface area contributed by atoms with Gasteiger partial charge in [-0.25, -0.2) is 0 Å². The number of nitrogens with zero attached hydrogens (tertiary/aromatic N) is 1. The fraction of sp³-hybridized carbons (Fsp3) is 0.235. The summed E-state index contributed by atoms with van der Waals surface area (Å²) in [6, 6.07) is 23.2. The average molecular weight is 250 g/mol. The van der Waals surface area contributed by atoms with E-state index in [4.69, 9.17) is 5.26 Å². The number of nitriles is 1. The third-order valence-electron chi connectivity index (χ3n) is 3.11. The molecule has 0 heterocycles. The maximum absolute atomic E-state index is 8.80. The van der Waals surface area contributed by atoms with Crippen molar-refractivity contribution >= 4 is 0 Å². The zero-order valence-corrected chi connectivity index (χ0v) is 11.1. The first-order valence-corrected chi connectivity index (χ1v) is 6.54. The zero-order valence-electron chi connectivity index (χ0n) is 11.1. The van der Waals surface area contributed by atoms with E-state index in [-0.39, 0.29) is 12.1 Å². The van der Waals surface area contributed by atoms with Crippen LogP contribution in [0.4, 0.5) is 0 Å². The van der Waals surface area contributed by atoms with Crippen LogP contribution in [0, 0.1) is 11.3 Å². The smallest absolute Gasteiger partial charge is 0.0638 e. The molecule has 1 unspecified atom stereocenters. The van der Waals surface area contributed by atoms with Crippen molar-refractivity contribution in [3.05, 3.63) is 71.8 Å². The van der Waals surface area contributed by atoms with Gasteiger partial charge in [-0.2, -0.15) is 5.26 Å². The standard InChI is InChI=1S/C17H18N2/c1-14(12-13-18)19-17(15-8-4-2-5-9-15)16-10-6-3-7-11-16/h2-11,14,17,19H,12H2,1H3. The summed E-state index contributed by atoms with van der Waals surface area (Å²) in [7, 11) is 0. The largest absolute Gasteiger partial charge is 0.303 e. The van der Waals surface area contributed by atoms with E-state index in [1.165, 1.54) is 11.1 Å². The minimum atomic E-state index is 0.130. The molecule has 1 N–H and O–H groups in total. The van der Waals surface area contributed by atoms with E-state index < -0.39 is 0 Å². The highest BCUT2D eigenvalue weighted by Crippen LogP contribution is 2.22. The molecule has 1 atom stereocenters. The van der Waals surface area contributed by atoms with Gasteiger partial charge < -0.3 is 5.32 Å². The van der Waals surface area contributed by atoms with Gasteiger partial charge in [0.05, 0.1) is 18.5 Å². The van der Waals surface area contributed by atoms with Crippen molar-refractivity contribution < 1.29 is 0 Å². The van der Waals surface area contributed by atoms with E-state index in [9.17, 15) is 0 Å². The third-order valence-corrected chi connectivity index (χ3v) is 3.11. The van der Waals surface area contributed by atoms with Crippen LogP contribution < -0.4 is 5.32 Å². The molecule has 2 rings (SSSR count). The van der Waals surface area contributed by atoms with Crippen LogP contribution in [-0.2, 0) is 0 Å². The van der Waals surface area contributed by atoms with Crippen LogP contribution in [0.3, 0.4) is 0 Å². The van der Waals surface area contributed by atoms with Crippen LogP contribution in [0.5, 0.6) is 0 Å². The lowest BCUT2D eigenvalue weighted by Crippen LogP contribution is -2.31. The lowest BCUT2D eigenvalue weighted by atomic mass is 9.97. The van der Waals surface area contributed by atoms with Gasteiger partial charge in [0.15, 0.2) is 0 Å². The van der Waals surface area contributed by atoms with Crippen molar-refractivity contribution in [1.29, 1.82) is 5.26 Å². The van der Waals surface area contributed by atoms with E-state index in [2.05, 4.69) is 35.7 Å². The highest BCUT2D eigenvalue weighted by Gasteiger charge is 2.15. The molecule has 2 heteroatoms. The fourth-order valence-corrected chi connectivity index (χ4v) is 2.16. The van der Waals surface area contributed by atoms with E-state index in [1.54, 1.807) is 0 Å². The van der Waals surface area contributed by atoms with Gasteiger partial charge in [-0.3, -0.25) is 0 Å². The summed E-state index contributed by atoms with van der Waals surface area (Å²) in [4.78, 5) is 0. The molecule has 0 aromatic heterocycles. The van der Waals surface area contributed by atoms with Gasteiger partial charge in [0.1, 0.15) is 0 Å². The SMILES string of the molecule is CC(CC#N)NC(c1ccccc1)c1ccccc1. The summed E-state index contributed by atoms with van der Waals surface area (Å²) in [6.45, 7) is 2.04. The highest BCUT2D eigenvalue weighted by atomic mass is 14.9. The number of benzene rings is 2. The fourth-order valence-electron chi connectivity index (χ4n) is 2.16. The van der Waals surface area contributed by atoms with Crippen molar-refractivity contribution in [3.8, 4) is 6.07 Å². The van der Waals surface area contributed by atoms with Crippen LogP contribution in [0.2, 0.25) is 0 Å². The van der Waals surface area contributed by atoms with Gasteiger partial charge in [-0.05, 0) is 18.1 Å². The first-order valence-electron chi connectivity index (χ1n) is 6.54. The normalized spacial score (nSPS) is 12.1. The van der Waals surface area contributed by atoms with Crippen LogP contribution >= 0.6 is 0 Å². The summed E-state index contributed by atoms with van der Waals surface area (Å²) in [5, 5.41) is 12.3. The molecule has 0 spiro atoms. The molecular weight excluding hydrogens is 232 g/mol. The molecule has 0 bridgehead atoms. The van der Waals surface area contributed by atoms with Gasteiger partial charge in [-0.1, -0.05) is 60.7 Å². The molecule has 0 saturated carbocycles. The molecule has 0 fully saturated rings. The Morgan fingerprint density at radius 2 is 1.42 bits per heavy atom. The molecule has 2 aromatic rings. The van der Waals surface area contributed by atoms with Crippen molar-refractivity contribution in [2.24, 2.45) is 0 Å². The molecule has 0 saturated heterocycles. The van der Waals surface area contributed by atoms with Gasteiger partial charge in [0.2, 0.25) is 0 Å². The van der Waals surface area contributed by atoms with Gasteiger partial charge >= 0.3 is 0 Å².